The number of anilines is 1. The van der Waals surface area contributed by atoms with Crippen molar-refractivity contribution in [1.29, 1.82) is 5.39 Å². The van der Waals surface area contributed by atoms with Gasteiger partial charge in [0.25, 0.3) is 0 Å². The number of unbranched alkanes of at least 4 members (excludes halogenated alkanes) is 5. The average molecular weight is 362 g/mol. The van der Waals surface area contributed by atoms with Crippen LogP contribution in [-0.2, 0) is 9.47 Å². The van der Waals surface area contributed by atoms with Crippen LogP contribution in [0, 0.1) is 5.39 Å². The van der Waals surface area contributed by atoms with Crippen molar-refractivity contribution in [3.63, 3.8) is 0 Å². The van der Waals surface area contributed by atoms with Crippen molar-refractivity contribution < 1.29 is 14.2 Å². The average Bonchev–Trinajstić information content (AvgIpc) is 2.70. The molecule has 6 heteroatoms. The zero-order valence-electron chi connectivity index (χ0n) is 16.0. The highest BCUT2D eigenvalue weighted by molar-refractivity contribution is 5.65. The maximum absolute atomic E-state index is 9.02. The second-order valence-corrected chi connectivity index (χ2v) is 6.58. The molecule has 0 spiro atoms. The Balaban J connectivity index is 1.71. The molecule has 1 heterocycles. The quantitative estimate of drug-likeness (QED) is 0.396. The predicted molar refractivity (Wildman–Crippen MR) is 104 cm³/mol. The molecule has 0 atom stereocenters. The molecule has 2 rings (SSSR count). The first-order chi connectivity index (χ1) is 12.8. The fourth-order valence-corrected chi connectivity index (χ4v) is 3.04. The van der Waals surface area contributed by atoms with Crippen LogP contribution in [-0.4, -0.2) is 46.1 Å². The highest BCUT2D eigenvalue weighted by atomic mass is 16.5. The van der Waals surface area contributed by atoms with Gasteiger partial charge in [0, 0.05) is 25.8 Å². The van der Waals surface area contributed by atoms with E-state index in [-0.39, 0.29) is 0 Å². The van der Waals surface area contributed by atoms with E-state index in [0.717, 1.165) is 37.6 Å². The topological polar surface area (TPSA) is 59.1 Å². The van der Waals surface area contributed by atoms with Crippen molar-refractivity contribution in [3.05, 3.63) is 23.2 Å². The summed E-state index contributed by atoms with van der Waals surface area (Å²) in [6.45, 7) is 7.18. The van der Waals surface area contributed by atoms with E-state index in [4.69, 9.17) is 19.6 Å². The smallest absolute Gasteiger partial charge is 0.388 e. The monoisotopic (exact) mass is 362 g/mol. The van der Waals surface area contributed by atoms with E-state index in [9.17, 15) is 0 Å². The van der Waals surface area contributed by atoms with E-state index in [1.165, 1.54) is 32.1 Å². The predicted octanol–water partition coefficient (Wildman–Crippen LogP) is 4.76. The second-order valence-electron chi connectivity index (χ2n) is 6.58. The van der Waals surface area contributed by atoms with Gasteiger partial charge in [-0.25, -0.2) is 0 Å². The summed E-state index contributed by atoms with van der Waals surface area (Å²) in [6, 6.07) is 5.48. The molecule has 0 unspecified atom stereocenters. The molecule has 1 aliphatic heterocycles. The molecule has 0 aromatic heterocycles. The van der Waals surface area contributed by atoms with Gasteiger partial charge in [0.15, 0.2) is 10.7 Å². The zero-order valence-corrected chi connectivity index (χ0v) is 16.0. The molecule has 1 saturated heterocycles. The number of hydrogen-bond donors (Lipinski definition) is 0. The minimum Gasteiger partial charge on any atom is -0.489 e. The SMILES string of the molecule is CCCCCCCCOCCOc1cc([N+]#N)ccc1N1CCOCC1. The highest BCUT2D eigenvalue weighted by Gasteiger charge is 2.19. The van der Waals surface area contributed by atoms with Crippen molar-refractivity contribution in [2.45, 2.75) is 45.4 Å². The number of ether oxygens (including phenoxy) is 3. The molecule has 1 fully saturated rings. The minimum atomic E-state index is 0.488. The summed E-state index contributed by atoms with van der Waals surface area (Å²) in [5.74, 6) is 0.727. The third-order valence-corrected chi connectivity index (χ3v) is 4.54. The van der Waals surface area contributed by atoms with Crippen LogP contribution in [0.4, 0.5) is 11.4 Å². The molecule has 144 valence electrons. The Morgan fingerprint density at radius 2 is 1.81 bits per heavy atom. The molecule has 0 radical (unpaired) electrons. The Kier molecular flexibility index (Phi) is 9.84. The maximum atomic E-state index is 9.02. The number of benzene rings is 1. The van der Waals surface area contributed by atoms with Crippen LogP contribution in [0.15, 0.2) is 18.2 Å². The number of rotatable bonds is 12. The minimum absolute atomic E-state index is 0.488. The van der Waals surface area contributed by atoms with E-state index in [1.807, 2.05) is 6.07 Å². The van der Waals surface area contributed by atoms with Crippen LogP contribution in [0.25, 0.3) is 4.98 Å². The standard InChI is InChI=1S/C20H32N3O3/c1-2-3-4-5-6-7-12-24-15-16-26-20-17-18(22-21)8-9-19(20)23-10-13-25-14-11-23/h8-9,17H,2-7,10-16H2,1H3/q+1. The molecule has 0 N–H and O–H groups in total. The van der Waals surface area contributed by atoms with E-state index in [1.54, 1.807) is 12.1 Å². The van der Waals surface area contributed by atoms with E-state index in [2.05, 4.69) is 16.8 Å². The molecule has 0 bridgehead atoms. The summed E-state index contributed by atoms with van der Waals surface area (Å²) >= 11 is 0. The Labute approximate surface area is 157 Å². The summed E-state index contributed by atoms with van der Waals surface area (Å²) in [5, 5.41) is 9.02. The Morgan fingerprint density at radius 3 is 2.58 bits per heavy atom. The summed E-state index contributed by atoms with van der Waals surface area (Å²) in [6.07, 6.45) is 7.60. The maximum Gasteiger partial charge on any atom is 0.388 e. The zero-order chi connectivity index (χ0) is 18.5. The lowest BCUT2D eigenvalue weighted by molar-refractivity contribution is 0.0967. The van der Waals surface area contributed by atoms with Gasteiger partial charge in [0.05, 0.1) is 31.6 Å². The molecule has 0 amide bonds. The Morgan fingerprint density at radius 1 is 1.04 bits per heavy atom. The summed E-state index contributed by atoms with van der Waals surface area (Å²) < 4.78 is 17.0. The van der Waals surface area contributed by atoms with Gasteiger partial charge in [0.1, 0.15) is 6.61 Å². The summed E-state index contributed by atoms with van der Waals surface area (Å²) in [4.78, 5) is 5.50. The van der Waals surface area contributed by atoms with Gasteiger partial charge < -0.3 is 19.1 Å². The molecule has 1 aliphatic rings. The normalized spacial score (nSPS) is 14.2. The molecule has 26 heavy (non-hydrogen) atoms. The fourth-order valence-electron chi connectivity index (χ4n) is 3.04. The van der Waals surface area contributed by atoms with Gasteiger partial charge in [-0.05, 0) is 12.5 Å². The van der Waals surface area contributed by atoms with Gasteiger partial charge in [-0.1, -0.05) is 39.0 Å². The van der Waals surface area contributed by atoms with Crippen LogP contribution in [0.5, 0.6) is 5.75 Å². The Hall–Kier alpha value is -1.84. The molecular weight excluding hydrogens is 330 g/mol. The third kappa shape index (κ3) is 7.19. The number of nitrogens with zero attached hydrogens (tertiary/aromatic N) is 3. The third-order valence-electron chi connectivity index (χ3n) is 4.54. The lowest BCUT2D eigenvalue weighted by Crippen LogP contribution is -2.36. The highest BCUT2D eigenvalue weighted by Crippen LogP contribution is 2.33. The second kappa shape index (κ2) is 12.5. The van der Waals surface area contributed by atoms with Crippen LogP contribution < -0.4 is 9.64 Å². The molecule has 1 aromatic rings. The van der Waals surface area contributed by atoms with Crippen molar-refractivity contribution in [3.8, 4) is 5.75 Å². The first-order valence-corrected chi connectivity index (χ1v) is 9.87. The van der Waals surface area contributed by atoms with Gasteiger partial charge in [0.2, 0.25) is 5.39 Å². The molecule has 1 aromatic carbocycles. The first kappa shape index (κ1) is 20.5. The first-order valence-electron chi connectivity index (χ1n) is 9.87. The van der Waals surface area contributed by atoms with Crippen LogP contribution in [0.1, 0.15) is 45.4 Å². The van der Waals surface area contributed by atoms with Crippen molar-refractivity contribution in [2.75, 3.05) is 51.0 Å². The summed E-state index contributed by atoms with van der Waals surface area (Å²) in [5.41, 5.74) is 1.50. The van der Waals surface area contributed by atoms with Crippen LogP contribution in [0.2, 0.25) is 0 Å². The Bertz CT molecular complexity index is 554. The molecule has 6 nitrogen and oxygen atoms in total. The van der Waals surface area contributed by atoms with Gasteiger partial charge in [-0.3, -0.25) is 0 Å². The lowest BCUT2D eigenvalue weighted by atomic mass is 10.1. The molecule has 0 saturated carbocycles. The largest absolute Gasteiger partial charge is 0.489 e. The number of hydrogen-bond acceptors (Lipinski definition) is 5. The van der Waals surface area contributed by atoms with E-state index in [0.29, 0.717) is 32.1 Å². The number of morpholine rings is 1. The van der Waals surface area contributed by atoms with Crippen LogP contribution in [0.3, 0.4) is 0 Å². The van der Waals surface area contributed by atoms with Crippen molar-refractivity contribution >= 4 is 11.4 Å². The molecular formula is C20H32N3O3+. The van der Waals surface area contributed by atoms with Gasteiger partial charge >= 0.3 is 5.69 Å². The number of diazo groups is 1. The van der Waals surface area contributed by atoms with Crippen molar-refractivity contribution in [1.82, 2.24) is 0 Å². The van der Waals surface area contributed by atoms with Crippen LogP contribution >= 0.6 is 0 Å². The van der Waals surface area contributed by atoms with E-state index >= 15 is 0 Å². The fraction of sp³-hybridized carbons (Fsp3) is 0.700. The summed E-state index contributed by atoms with van der Waals surface area (Å²) in [7, 11) is 0. The lowest BCUT2D eigenvalue weighted by Gasteiger charge is -2.30. The van der Waals surface area contributed by atoms with Crippen molar-refractivity contribution in [2.24, 2.45) is 0 Å². The van der Waals surface area contributed by atoms with Gasteiger partial charge in [-0.15, -0.1) is 0 Å². The van der Waals surface area contributed by atoms with Gasteiger partial charge in [-0.2, -0.15) is 0 Å². The molecule has 0 aliphatic carbocycles. The van der Waals surface area contributed by atoms with E-state index < -0.39 is 0 Å².